The Hall–Kier alpha value is 0.957. The third-order valence-corrected chi connectivity index (χ3v) is 3.68. The van der Waals surface area contributed by atoms with Gasteiger partial charge in [0, 0.05) is 45.3 Å². The normalized spacial score (nSPS) is 9.86. The average molecular weight is 445 g/mol. The van der Waals surface area contributed by atoms with Crippen molar-refractivity contribution in [3.8, 4) is 0 Å². The minimum atomic E-state index is 0. The monoisotopic (exact) mass is 444 g/mol. The van der Waals surface area contributed by atoms with Crippen molar-refractivity contribution in [1.29, 1.82) is 0 Å². The Kier molecular flexibility index (Phi) is 50.0. The summed E-state index contributed by atoms with van der Waals surface area (Å²) in [6.45, 7) is 12.8. The first kappa shape index (κ1) is 36.3. The molecule has 0 aliphatic rings. The van der Waals surface area contributed by atoms with Crippen molar-refractivity contribution in [2.24, 2.45) is 0 Å². The topological polar surface area (TPSA) is 36.9 Å². The van der Waals surface area contributed by atoms with Crippen molar-refractivity contribution >= 4 is 18.9 Å². The van der Waals surface area contributed by atoms with Crippen LogP contribution in [0, 0.1) is 12.8 Å². The summed E-state index contributed by atoms with van der Waals surface area (Å²) >= 11 is 0. The number of hydrogen-bond acceptors (Lipinski definition) is 4. The van der Waals surface area contributed by atoms with E-state index >= 15 is 0 Å². The van der Waals surface area contributed by atoms with Gasteiger partial charge in [0.2, 0.25) is 0 Å². The van der Waals surface area contributed by atoms with Gasteiger partial charge < -0.3 is 31.8 Å². The maximum Gasteiger partial charge on any atom is 2.00 e. The molecule has 0 aromatic rings. The Morgan fingerprint density at radius 1 is 0.536 bits per heavy atom. The predicted octanol–water partition coefficient (Wildman–Crippen LogP) is 5.96. The minimum Gasteiger partial charge on any atom is -0.356 e. The van der Waals surface area contributed by atoms with E-state index in [1.54, 1.807) is 0 Å². The molecule has 0 saturated heterocycles. The van der Waals surface area contributed by atoms with E-state index in [1.165, 1.54) is 25.7 Å². The smallest absolute Gasteiger partial charge is 0.356 e. The van der Waals surface area contributed by atoms with Crippen LogP contribution in [0.2, 0.25) is 0 Å². The molecule has 0 atom stereocenters. The van der Waals surface area contributed by atoms with Crippen LogP contribution >= 0.6 is 0 Å². The fourth-order valence-electron chi connectivity index (χ4n) is 2.04. The molecule has 4 nitrogen and oxygen atoms in total. The Labute approximate surface area is 199 Å². The van der Waals surface area contributed by atoms with Crippen molar-refractivity contribution in [3.63, 3.8) is 0 Å². The van der Waals surface area contributed by atoms with Gasteiger partial charge in [0.05, 0.1) is 0 Å². The zero-order valence-electron chi connectivity index (χ0n) is 19.4. The van der Waals surface area contributed by atoms with Crippen molar-refractivity contribution < 1.29 is 36.0 Å². The van der Waals surface area contributed by atoms with Crippen LogP contribution in [0.1, 0.15) is 91.9 Å². The molecule has 0 N–H and O–H groups in total. The molecule has 0 unspecified atom stereocenters. The minimum absolute atomic E-state index is 0. The summed E-state index contributed by atoms with van der Waals surface area (Å²) in [5.41, 5.74) is 0. The van der Waals surface area contributed by atoms with E-state index in [-0.39, 0.29) is 35.9 Å². The molecule has 28 heavy (non-hydrogen) atoms. The zero-order chi connectivity index (χ0) is 19.6. The van der Waals surface area contributed by atoms with Crippen LogP contribution < -0.4 is 0 Å². The molecule has 0 heterocycles. The van der Waals surface area contributed by atoms with Crippen molar-refractivity contribution in [2.75, 3.05) is 40.0 Å². The first-order valence-corrected chi connectivity index (χ1v) is 10.7. The van der Waals surface area contributed by atoms with Crippen LogP contribution in [0.3, 0.4) is 0 Å². The van der Waals surface area contributed by atoms with E-state index in [0.717, 1.165) is 65.0 Å². The SMILES string of the molecule is C[CH-]CCCOCOCCCCC.C[CH-]CCCOCOCCCCC.[Cu+2].[Li]. The molecular weight excluding hydrogens is 399 g/mol. The summed E-state index contributed by atoms with van der Waals surface area (Å²) in [6, 6.07) is 0. The third-order valence-electron chi connectivity index (χ3n) is 3.68. The molecule has 0 spiro atoms. The van der Waals surface area contributed by atoms with E-state index < -0.39 is 0 Å². The standard InChI is InChI=1S/2C11H23O2.Cu.Li/c2*1-3-5-7-9-12-11-13-10-8-6-4-2;;/h2*3H,4-11H2,1-2H3;;/q2*-1;+2;. The molecule has 170 valence electrons. The molecule has 0 aromatic carbocycles. The van der Waals surface area contributed by atoms with Gasteiger partial charge in [-0.25, -0.2) is 0 Å². The molecule has 0 saturated carbocycles. The zero-order valence-corrected chi connectivity index (χ0v) is 20.3. The van der Waals surface area contributed by atoms with Crippen LogP contribution in [-0.2, 0) is 36.0 Å². The van der Waals surface area contributed by atoms with Crippen LogP contribution in [0.25, 0.3) is 0 Å². The van der Waals surface area contributed by atoms with E-state index in [1.807, 2.05) is 0 Å². The molecule has 0 aliphatic carbocycles. The maximum absolute atomic E-state index is 5.28. The summed E-state index contributed by atoms with van der Waals surface area (Å²) < 4.78 is 21.1. The summed E-state index contributed by atoms with van der Waals surface area (Å²) in [4.78, 5) is 0. The van der Waals surface area contributed by atoms with E-state index in [4.69, 9.17) is 18.9 Å². The molecule has 0 aromatic heterocycles. The fraction of sp³-hybridized carbons (Fsp3) is 0.909. The van der Waals surface area contributed by atoms with Gasteiger partial charge in [-0.2, -0.15) is 26.7 Å². The number of ether oxygens (including phenoxy) is 4. The van der Waals surface area contributed by atoms with Gasteiger partial charge in [0.15, 0.2) is 0 Å². The molecule has 0 bridgehead atoms. The van der Waals surface area contributed by atoms with Gasteiger partial charge >= 0.3 is 17.1 Å². The first-order chi connectivity index (χ1) is 12.8. The van der Waals surface area contributed by atoms with Gasteiger partial charge in [-0.3, -0.25) is 0 Å². The number of hydrogen-bond donors (Lipinski definition) is 0. The summed E-state index contributed by atoms with van der Waals surface area (Å²) in [7, 11) is 0. The van der Waals surface area contributed by atoms with Gasteiger partial charge in [0.1, 0.15) is 13.6 Å². The van der Waals surface area contributed by atoms with Gasteiger partial charge in [-0.15, -0.1) is 0 Å². The van der Waals surface area contributed by atoms with E-state index in [9.17, 15) is 0 Å². The average Bonchev–Trinajstić information content (AvgIpc) is 2.66. The first-order valence-electron chi connectivity index (χ1n) is 10.7. The Morgan fingerprint density at radius 2 is 0.857 bits per heavy atom. The van der Waals surface area contributed by atoms with Gasteiger partial charge in [-0.05, 0) is 12.8 Å². The largest absolute Gasteiger partial charge is 2.00 e. The van der Waals surface area contributed by atoms with Gasteiger partial charge in [-0.1, -0.05) is 52.4 Å². The van der Waals surface area contributed by atoms with Crippen LogP contribution in [0.5, 0.6) is 0 Å². The van der Waals surface area contributed by atoms with E-state index in [0.29, 0.717) is 13.6 Å². The molecule has 0 rings (SSSR count). The molecule has 2 radical (unpaired) electrons. The maximum atomic E-state index is 5.28. The number of unbranched alkanes of at least 4 members (excludes halogenated alkanes) is 8. The fourth-order valence-corrected chi connectivity index (χ4v) is 2.04. The Bertz CT molecular complexity index is 183. The van der Waals surface area contributed by atoms with Crippen molar-refractivity contribution in [2.45, 2.75) is 91.9 Å². The molecule has 0 amide bonds. The summed E-state index contributed by atoms with van der Waals surface area (Å²) in [6.07, 6.45) is 16.1. The Balaban J connectivity index is -0.000000192. The molecule has 0 aliphatic heterocycles. The molecule has 0 fully saturated rings. The quantitative estimate of drug-likeness (QED) is 0.100. The second kappa shape index (κ2) is 38.5. The van der Waals surface area contributed by atoms with Crippen molar-refractivity contribution in [1.82, 2.24) is 0 Å². The van der Waals surface area contributed by atoms with E-state index in [2.05, 4.69) is 40.5 Å². The molecule has 6 heteroatoms. The second-order valence-corrected chi connectivity index (χ2v) is 6.38. The Morgan fingerprint density at radius 3 is 1.14 bits per heavy atom. The third kappa shape index (κ3) is 41.4. The van der Waals surface area contributed by atoms with Crippen LogP contribution in [0.15, 0.2) is 0 Å². The summed E-state index contributed by atoms with van der Waals surface area (Å²) in [5.74, 6) is 0. The van der Waals surface area contributed by atoms with Crippen molar-refractivity contribution in [3.05, 3.63) is 12.8 Å². The summed E-state index contributed by atoms with van der Waals surface area (Å²) in [5, 5.41) is 0. The van der Waals surface area contributed by atoms with Crippen LogP contribution in [-0.4, -0.2) is 58.9 Å². The molecular formula is C22H46CuLiO4. The predicted molar refractivity (Wildman–Crippen MR) is 117 cm³/mol. The van der Waals surface area contributed by atoms with Crippen LogP contribution in [0.4, 0.5) is 0 Å². The second-order valence-electron chi connectivity index (χ2n) is 6.38. The van der Waals surface area contributed by atoms with Gasteiger partial charge in [0.25, 0.3) is 0 Å². The number of rotatable bonds is 20.